The summed E-state index contributed by atoms with van der Waals surface area (Å²) in [6, 6.07) is 3.70. The molecule has 0 aliphatic rings. The predicted octanol–water partition coefficient (Wildman–Crippen LogP) is 0.272. The van der Waals surface area contributed by atoms with Crippen LogP contribution in [0, 0.1) is 0 Å². The molecular formula is C12H18NO9P2+. The number of rotatable bonds is 9. The molecule has 1 rings (SSSR count). The summed E-state index contributed by atoms with van der Waals surface area (Å²) in [6.07, 6.45) is -1.43. The molecule has 0 radical (unpaired) electrons. The van der Waals surface area contributed by atoms with E-state index in [0.717, 1.165) is 0 Å². The van der Waals surface area contributed by atoms with Gasteiger partial charge < -0.3 is 30.5 Å². The molecule has 10 nitrogen and oxygen atoms in total. The van der Waals surface area contributed by atoms with E-state index in [1.807, 2.05) is 0 Å². The number of carbonyl (C=O) groups is 1. The average Bonchev–Trinajstić information content (AvgIpc) is 2.49. The third-order valence-electron chi connectivity index (χ3n) is 3.15. The minimum atomic E-state index is -4.35. The van der Waals surface area contributed by atoms with Crippen LogP contribution < -0.4 is 10.5 Å². The lowest BCUT2D eigenvalue weighted by Crippen LogP contribution is -2.33. The molecule has 134 valence electrons. The molecule has 0 heterocycles. The van der Waals surface area contributed by atoms with E-state index in [1.54, 1.807) is 0 Å². The lowest BCUT2D eigenvalue weighted by molar-refractivity contribution is -0.138. The Bertz CT molecular complexity index is 644. The minimum Gasteiger partial charge on any atom is -0.481 e. The molecule has 0 aromatic heterocycles. The SMILES string of the molecule is N[C@@H](CCC(O)(c1ccc(OCP(=O)(O)O)cc1)[P+](=O)O)C(=O)O. The molecule has 7 N–H and O–H groups in total. The monoisotopic (exact) mass is 382 g/mol. The molecule has 1 aromatic rings. The standard InChI is InChI=1S/C12H17NO9P2/c13-10(11(14)15)5-6-12(16,23(17)18)8-1-3-9(4-2-8)22-7-24(19,20)21/h1-4,10,16H,5-7,13H2,(H3-,14,15,17,18,19,20,21)/p+1/t10-,12?/m0/s1. The molecule has 0 spiro atoms. The Kier molecular flexibility index (Phi) is 7.00. The summed E-state index contributed by atoms with van der Waals surface area (Å²) in [5.41, 5.74) is 5.35. The summed E-state index contributed by atoms with van der Waals surface area (Å²) in [5.74, 6) is -1.22. The molecule has 0 bridgehead atoms. The highest BCUT2D eigenvalue weighted by Gasteiger charge is 2.49. The van der Waals surface area contributed by atoms with Crippen molar-refractivity contribution in [2.45, 2.75) is 24.2 Å². The Morgan fingerprint density at radius 3 is 2.29 bits per heavy atom. The first-order chi connectivity index (χ1) is 11.0. The third-order valence-corrected chi connectivity index (χ3v) is 4.73. The predicted molar refractivity (Wildman–Crippen MR) is 82.5 cm³/mol. The number of nitrogens with two attached hydrogens (primary N) is 1. The zero-order valence-corrected chi connectivity index (χ0v) is 14.1. The van der Waals surface area contributed by atoms with Crippen molar-refractivity contribution in [2.75, 3.05) is 6.35 Å². The first-order valence-electron chi connectivity index (χ1n) is 6.60. The van der Waals surface area contributed by atoms with Crippen molar-refractivity contribution in [1.82, 2.24) is 0 Å². The number of aliphatic hydroxyl groups is 1. The van der Waals surface area contributed by atoms with Crippen molar-refractivity contribution in [1.29, 1.82) is 0 Å². The van der Waals surface area contributed by atoms with Gasteiger partial charge in [-0.15, -0.1) is 0 Å². The smallest absolute Gasteiger partial charge is 0.481 e. The van der Waals surface area contributed by atoms with E-state index >= 15 is 0 Å². The quantitative estimate of drug-likeness (QED) is 0.324. The Morgan fingerprint density at radius 2 is 1.88 bits per heavy atom. The van der Waals surface area contributed by atoms with Crippen LogP contribution in [-0.4, -0.2) is 43.3 Å². The molecule has 0 aliphatic carbocycles. The van der Waals surface area contributed by atoms with Crippen molar-refractivity contribution in [2.24, 2.45) is 5.73 Å². The fourth-order valence-electron chi connectivity index (χ4n) is 1.81. The van der Waals surface area contributed by atoms with Crippen LogP contribution >= 0.6 is 15.6 Å². The number of ether oxygens (including phenoxy) is 1. The van der Waals surface area contributed by atoms with Gasteiger partial charge in [0.15, 0.2) is 6.35 Å². The van der Waals surface area contributed by atoms with Gasteiger partial charge in [-0.25, -0.2) is 0 Å². The number of benzene rings is 1. The molecule has 0 fully saturated rings. The van der Waals surface area contributed by atoms with E-state index in [0.29, 0.717) is 0 Å². The van der Waals surface area contributed by atoms with E-state index in [2.05, 4.69) is 0 Å². The topological polar surface area (TPSA) is 188 Å². The third kappa shape index (κ3) is 5.92. The molecule has 24 heavy (non-hydrogen) atoms. The van der Waals surface area contributed by atoms with Gasteiger partial charge in [0.05, 0.1) is 0 Å². The number of carboxylic acids is 1. The number of aliphatic carboxylic acids is 1. The van der Waals surface area contributed by atoms with Gasteiger partial charge >= 0.3 is 26.9 Å². The van der Waals surface area contributed by atoms with Crippen LogP contribution in [0.3, 0.4) is 0 Å². The highest BCUT2D eigenvalue weighted by Crippen LogP contribution is 2.46. The molecule has 12 heteroatoms. The van der Waals surface area contributed by atoms with E-state index in [1.165, 1.54) is 24.3 Å². The highest BCUT2D eigenvalue weighted by atomic mass is 31.2. The summed E-state index contributed by atoms with van der Waals surface area (Å²) >= 11 is 0. The van der Waals surface area contributed by atoms with Gasteiger partial charge in [0.25, 0.3) is 0 Å². The largest absolute Gasteiger partial charge is 0.546 e. The Morgan fingerprint density at radius 1 is 1.33 bits per heavy atom. The fraction of sp³-hybridized carbons (Fsp3) is 0.417. The van der Waals surface area contributed by atoms with E-state index in [9.17, 15) is 23.9 Å². The molecule has 0 aliphatic heterocycles. The second-order valence-corrected chi connectivity index (χ2v) is 7.91. The van der Waals surface area contributed by atoms with Gasteiger partial charge in [0.2, 0.25) is 0 Å². The van der Waals surface area contributed by atoms with Crippen LogP contribution in [0.1, 0.15) is 18.4 Å². The van der Waals surface area contributed by atoms with Crippen LogP contribution in [0.15, 0.2) is 24.3 Å². The highest BCUT2D eigenvalue weighted by molar-refractivity contribution is 7.51. The van der Waals surface area contributed by atoms with Crippen LogP contribution in [0.25, 0.3) is 0 Å². The maximum atomic E-state index is 11.5. The summed E-state index contributed by atoms with van der Waals surface area (Å²) in [6.45, 7) is 0. The Hall–Kier alpha value is -1.38. The van der Waals surface area contributed by atoms with Crippen LogP contribution in [0.4, 0.5) is 0 Å². The summed E-state index contributed by atoms with van der Waals surface area (Å²) < 4.78 is 27.1. The fourth-order valence-corrected chi connectivity index (χ4v) is 2.81. The second-order valence-electron chi connectivity index (χ2n) is 5.04. The van der Waals surface area contributed by atoms with Gasteiger partial charge in [-0.2, -0.15) is 4.89 Å². The molecule has 0 saturated heterocycles. The molecule has 0 amide bonds. The zero-order valence-electron chi connectivity index (χ0n) is 12.3. The molecule has 1 aromatic carbocycles. The minimum absolute atomic E-state index is 0.0206. The van der Waals surface area contributed by atoms with E-state index in [4.69, 9.17) is 25.4 Å². The van der Waals surface area contributed by atoms with Crippen molar-refractivity contribution >= 4 is 21.6 Å². The molecular weight excluding hydrogens is 364 g/mol. The Labute approximate surface area is 137 Å². The van der Waals surface area contributed by atoms with Gasteiger partial charge in [0.1, 0.15) is 11.8 Å². The van der Waals surface area contributed by atoms with Gasteiger partial charge in [-0.05, 0) is 35.3 Å². The zero-order chi connectivity index (χ0) is 18.5. The first-order valence-corrected chi connectivity index (χ1v) is 9.61. The van der Waals surface area contributed by atoms with Crippen LogP contribution in [0.2, 0.25) is 0 Å². The molecule has 0 saturated carbocycles. The number of carboxylic acid groups (broad SMARTS) is 1. The van der Waals surface area contributed by atoms with Crippen molar-refractivity contribution < 1.29 is 43.6 Å². The molecule has 2 unspecified atom stereocenters. The van der Waals surface area contributed by atoms with Gasteiger partial charge in [-0.3, -0.25) is 9.36 Å². The van der Waals surface area contributed by atoms with E-state index in [-0.39, 0.29) is 24.2 Å². The average molecular weight is 382 g/mol. The maximum Gasteiger partial charge on any atom is 0.546 e. The summed E-state index contributed by atoms with van der Waals surface area (Å²) in [5, 5.41) is 16.9. The van der Waals surface area contributed by atoms with Crippen LogP contribution in [-0.2, 0) is 19.3 Å². The van der Waals surface area contributed by atoms with Gasteiger partial charge in [0, 0.05) is 12.0 Å². The molecule has 3 atom stereocenters. The summed E-state index contributed by atoms with van der Waals surface area (Å²) in [4.78, 5) is 37.5. The van der Waals surface area contributed by atoms with Crippen molar-refractivity contribution in [3.8, 4) is 5.75 Å². The normalized spacial score (nSPS) is 16.1. The Balaban J connectivity index is 2.90. The first kappa shape index (κ1) is 20.7. The number of hydrogen-bond donors (Lipinski definition) is 6. The van der Waals surface area contributed by atoms with Crippen LogP contribution in [0.5, 0.6) is 5.75 Å². The van der Waals surface area contributed by atoms with Gasteiger partial charge in [-0.1, -0.05) is 0 Å². The summed E-state index contributed by atoms with van der Waals surface area (Å²) in [7, 11) is -7.47. The number of hydrogen-bond acceptors (Lipinski definition) is 6. The van der Waals surface area contributed by atoms with Crippen molar-refractivity contribution in [3.63, 3.8) is 0 Å². The maximum absolute atomic E-state index is 11.5. The van der Waals surface area contributed by atoms with Crippen molar-refractivity contribution in [3.05, 3.63) is 29.8 Å². The second kappa shape index (κ2) is 8.13. The lowest BCUT2D eigenvalue weighted by atomic mass is 10.0. The van der Waals surface area contributed by atoms with E-state index < -0.39 is 39.3 Å². The lowest BCUT2D eigenvalue weighted by Gasteiger charge is -2.17.